The number of ether oxygens (including phenoxy) is 2. The van der Waals surface area contributed by atoms with E-state index in [-0.39, 0.29) is 17.7 Å². The summed E-state index contributed by atoms with van der Waals surface area (Å²) in [4.78, 5) is 12.5. The van der Waals surface area contributed by atoms with E-state index in [1.807, 2.05) is 38.1 Å². The molecule has 0 saturated heterocycles. The maximum absolute atomic E-state index is 12.5. The summed E-state index contributed by atoms with van der Waals surface area (Å²) in [5.74, 6) is 0.105. The Bertz CT molecular complexity index is 990. The van der Waals surface area contributed by atoms with Crippen LogP contribution in [0.25, 0.3) is 0 Å². The molecule has 1 unspecified atom stereocenters. The fourth-order valence-corrected chi connectivity index (χ4v) is 4.95. The second-order valence-electron chi connectivity index (χ2n) is 7.35. The molecule has 2 aromatic carbocycles. The molecule has 0 saturated carbocycles. The quantitative estimate of drug-likeness (QED) is 0.652. The fraction of sp³-hybridized carbons (Fsp3) is 0.381. The van der Waals surface area contributed by atoms with Crippen molar-refractivity contribution in [3.05, 3.63) is 58.1 Å². The van der Waals surface area contributed by atoms with E-state index in [0.717, 1.165) is 10.0 Å². The number of rotatable bonds is 7. The highest BCUT2D eigenvalue weighted by Gasteiger charge is 2.24. The normalized spacial score (nSPS) is 14.5. The smallest absolute Gasteiger partial charge is 0.235 e. The van der Waals surface area contributed by atoms with Crippen LogP contribution in [0.2, 0.25) is 0 Å². The van der Waals surface area contributed by atoms with Gasteiger partial charge in [-0.05, 0) is 41.3 Å². The summed E-state index contributed by atoms with van der Waals surface area (Å²) in [6.45, 7) is 4.92. The molecule has 6 nitrogen and oxygen atoms in total. The zero-order valence-electron chi connectivity index (χ0n) is 16.4. The van der Waals surface area contributed by atoms with E-state index < -0.39 is 21.5 Å². The van der Waals surface area contributed by atoms with E-state index in [2.05, 4.69) is 21.2 Å². The van der Waals surface area contributed by atoms with Crippen LogP contribution in [-0.4, -0.2) is 33.3 Å². The molecule has 2 aromatic rings. The van der Waals surface area contributed by atoms with Crippen LogP contribution >= 0.6 is 15.9 Å². The molecule has 0 aromatic heterocycles. The van der Waals surface area contributed by atoms with Crippen molar-refractivity contribution in [2.24, 2.45) is 5.92 Å². The highest BCUT2D eigenvalue weighted by molar-refractivity contribution is 9.10. The molecule has 1 N–H and O–H groups in total. The van der Waals surface area contributed by atoms with Gasteiger partial charge in [0.25, 0.3) is 0 Å². The van der Waals surface area contributed by atoms with Gasteiger partial charge in [-0.2, -0.15) is 0 Å². The van der Waals surface area contributed by atoms with Crippen LogP contribution < -0.4 is 14.8 Å². The number of hydrogen-bond donors (Lipinski definition) is 1. The van der Waals surface area contributed by atoms with Gasteiger partial charge in [0.15, 0.2) is 21.3 Å². The molecule has 3 rings (SSSR count). The van der Waals surface area contributed by atoms with Crippen LogP contribution in [0.3, 0.4) is 0 Å². The lowest BCUT2D eigenvalue weighted by atomic mass is 9.95. The molecule has 1 amide bonds. The van der Waals surface area contributed by atoms with Gasteiger partial charge in [-0.3, -0.25) is 4.79 Å². The second kappa shape index (κ2) is 9.17. The van der Waals surface area contributed by atoms with Gasteiger partial charge in [0.2, 0.25) is 5.91 Å². The molecular formula is C21H24BrNO5S. The van der Waals surface area contributed by atoms with Crippen LogP contribution in [0, 0.1) is 5.92 Å². The van der Waals surface area contributed by atoms with Crippen molar-refractivity contribution >= 4 is 31.7 Å². The lowest BCUT2D eigenvalue weighted by Crippen LogP contribution is -2.36. The van der Waals surface area contributed by atoms with E-state index in [0.29, 0.717) is 30.3 Å². The first-order chi connectivity index (χ1) is 13.7. The van der Waals surface area contributed by atoms with E-state index in [1.54, 1.807) is 18.2 Å². The third-order valence-electron chi connectivity index (χ3n) is 4.54. The minimum atomic E-state index is -3.60. The molecule has 0 radical (unpaired) electrons. The van der Waals surface area contributed by atoms with E-state index in [9.17, 15) is 13.2 Å². The van der Waals surface area contributed by atoms with Gasteiger partial charge in [0.05, 0.1) is 11.8 Å². The molecule has 156 valence electrons. The molecule has 0 spiro atoms. The minimum absolute atomic E-state index is 0.0642. The summed E-state index contributed by atoms with van der Waals surface area (Å²) in [6.07, 6.45) is 0. The molecule has 29 heavy (non-hydrogen) atoms. The Morgan fingerprint density at radius 3 is 2.52 bits per heavy atom. The Labute approximate surface area is 179 Å². The van der Waals surface area contributed by atoms with Gasteiger partial charge in [-0.15, -0.1) is 0 Å². The summed E-state index contributed by atoms with van der Waals surface area (Å²) < 4.78 is 36.9. The van der Waals surface area contributed by atoms with Gasteiger partial charge in [0.1, 0.15) is 19.0 Å². The topological polar surface area (TPSA) is 81.7 Å². The number of nitrogens with one attached hydrogen (secondary N) is 1. The molecule has 8 heteroatoms. The Morgan fingerprint density at radius 1 is 1.10 bits per heavy atom. The monoisotopic (exact) mass is 481 g/mol. The first-order valence-corrected chi connectivity index (χ1v) is 12.0. The first kappa shape index (κ1) is 21.6. The van der Waals surface area contributed by atoms with Crippen LogP contribution in [0.15, 0.2) is 46.9 Å². The van der Waals surface area contributed by atoms with E-state index >= 15 is 0 Å². The van der Waals surface area contributed by atoms with Crippen molar-refractivity contribution < 1.29 is 22.7 Å². The van der Waals surface area contributed by atoms with Crippen molar-refractivity contribution in [3.63, 3.8) is 0 Å². The number of carbonyl (C=O) groups is 1. The van der Waals surface area contributed by atoms with Gasteiger partial charge in [-0.1, -0.05) is 48.0 Å². The summed E-state index contributed by atoms with van der Waals surface area (Å²) in [6, 6.07) is 12.3. The maximum Gasteiger partial charge on any atom is 0.235 e. The lowest BCUT2D eigenvalue weighted by Gasteiger charge is -2.25. The van der Waals surface area contributed by atoms with Crippen molar-refractivity contribution in [2.45, 2.75) is 25.6 Å². The Balaban J connectivity index is 1.69. The number of halogens is 1. The Kier molecular flexibility index (Phi) is 6.85. The van der Waals surface area contributed by atoms with Gasteiger partial charge in [0, 0.05) is 4.47 Å². The van der Waals surface area contributed by atoms with Crippen LogP contribution in [0.5, 0.6) is 11.5 Å². The van der Waals surface area contributed by atoms with Crippen LogP contribution in [0.1, 0.15) is 31.0 Å². The van der Waals surface area contributed by atoms with E-state index in [4.69, 9.17) is 9.47 Å². The SMILES string of the molecule is CC(C)C(NC(=O)CS(=O)(=O)Cc1cccc(Br)c1)c1ccc2c(c1)OCCO2. The Morgan fingerprint density at radius 2 is 1.83 bits per heavy atom. The van der Waals surface area contributed by atoms with Crippen molar-refractivity contribution in [1.82, 2.24) is 5.32 Å². The van der Waals surface area contributed by atoms with Gasteiger partial charge >= 0.3 is 0 Å². The number of sulfone groups is 1. The molecule has 0 aliphatic carbocycles. The highest BCUT2D eigenvalue weighted by atomic mass is 79.9. The zero-order chi connectivity index (χ0) is 21.0. The third-order valence-corrected chi connectivity index (χ3v) is 6.50. The van der Waals surface area contributed by atoms with Crippen molar-refractivity contribution in [2.75, 3.05) is 19.0 Å². The molecule has 1 aliphatic rings. The second-order valence-corrected chi connectivity index (χ2v) is 10.3. The fourth-order valence-electron chi connectivity index (χ4n) is 3.23. The third kappa shape index (κ3) is 5.96. The minimum Gasteiger partial charge on any atom is -0.486 e. The molecule has 0 bridgehead atoms. The van der Waals surface area contributed by atoms with Crippen LogP contribution in [0.4, 0.5) is 0 Å². The zero-order valence-corrected chi connectivity index (χ0v) is 18.8. The van der Waals surface area contributed by atoms with E-state index in [1.165, 1.54) is 0 Å². The average Bonchev–Trinajstić information content (AvgIpc) is 2.64. The highest BCUT2D eigenvalue weighted by Crippen LogP contribution is 2.34. The summed E-state index contributed by atoms with van der Waals surface area (Å²) in [5, 5.41) is 2.87. The number of amides is 1. The number of carbonyl (C=O) groups excluding carboxylic acids is 1. The van der Waals surface area contributed by atoms with Crippen LogP contribution in [-0.2, 0) is 20.4 Å². The number of benzene rings is 2. The maximum atomic E-state index is 12.5. The predicted octanol–water partition coefficient (Wildman–Crippen LogP) is 3.65. The summed E-state index contributed by atoms with van der Waals surface area (Å²) in [7, 11) is -3.60. The Hall–Kier alpha value is -2.06. The molecule has 1 atom stereocenters. The van der Waals surface area contributed by atoms with Crippen molar-refractivity contribution in [1.29, 1.82) is 0 Å². The predicted molar refractivity (Wildman–Crippen MR) is 115 cm³/mol. The molecule has 1 heterocycles. The lowest BCUT2D eigenvalue weighted by molar-refractivity contribution is -0.119. The van der Waals surface area contributed by atoms with Gasteiger partial charge in [-0.25, -0.2) is 8.42 Å². The molecule has 1 aliphatic heterocycles. The number of hydrogen-bond acceptors (Lipinski definition) is 5. The van der Waals surface area contributed by atoms with Gasteiger partial charge < -0.3 is 14.8 Å². The summed E-state index contributed by atoms with van der Waals surface area (Å²) >= 11 is 3.33. The number of fused-ring (bicyclic) bond motifs is 1. The van der Waals surface area contributed by atoms with Crippen molar-refractivity contribution in [3.8, 4) is 11.5 Å². The standard InChI is InChI=1S/C21H24BrNO5S/c1-14(2)21(16-6-7-18-19(11-16)28-9-8-27-18)23-20(24)13-29(25,26)12-15-4-3-5-17(22)10-15/h3-7,10-11,14,21H,8-9,12-13H2,1-2H3,(H,23,24). The molecule has 0 fully saturated rings. The average molecular weight is 482 g/mol. The molecular weight excluding hydrogens is 458 g/mol. The summed E-state index contributed by atoms with van der Waals surface area (Å²) in [5.41, 5.74) is 1.49. The first-order valence-electron chi connectivity index (χ1n) is 9.37. The largest absolute Gasteiger partial charge is 0.486 e.